The van der Waals surface area contributed by atoms with E-state index in [0.29, 0.717) is 30.4 Å². The van der Waals surface area contributed by atoms with Gasteiger partial charge in [-0.1, -0.05) is 18.2 Å². The molecule has 156 valence electrons. The molecule has 2 N–H and O–H groups in total. The Morgan fingerprint density at radius 1 is 1.14 bits per heavy atom. The molecule has 2 aromatic carbocycles. The van der Waals surface area contributed by atoms with E-state index in [1.807, 2.05) is 0 Å². The van der Waals surface area contributed by atoms with E-state index in [9.17, 15) is 22.6 Å². The van der Waals surface area contributed by atoms with Crippen LogP contribution in [-0.2, 0) is 26.1 Å². The van der Waals surface area contributed by atoms with Crippen molar-refractivity contribution < 1.29 is 27.3 Å². The van der Waals surface area contributed by atoms with Crippen LogP contribution < -0.4 is 5.32 Å². The predicted octanol–water partition coefficient (Wildman–Crippen LogP) is 3.42. The van der Waals surface area contributed by atoms with E-state index in [4.69, 9.17) is 4.74 Å². The van der Waals surface area contributed by atoms with Gasteiger partial charge in [-0.25, -0.2) is 0 Å². The number of carbonyl (C=O) groups is 2. The average molecular weight is 419 g/mol. The van der Waals surface area contributed by atoms with Gasteiger partial charge in [0, 0.05) is 19.1 Å². The van der Waals surface area contributed by atoms with Crippen LogP contribution in [0.1, 0.15) is 41.3 Å². The Labute approximate surface area is 170 Å². The van der Waals surface area contributed by atoms with Crippen LogP contribution in [0.2, 0.25) is 0 Å². The minimum Gasteiger partial charge on any atom is -0.381 e. The first kappa shape index (κ1) is 22.7. The van der Waals surface area contributed by atoms with E-state index >= 15 is 0 Å². The van der Waals surface area contributed by atoms with Crippen molar-refractivity contribution >= 4 is 27.5 Å². The van der Waals surface area contributed by atoms with Gasteiger partial charge >= 0.3 is 0 Å². The molecule has 7 nitrogen and oxygen atoms in total. The number of nitrogens with one attached hydrogen (secondary N) is 1. The Bertz CT molecular complexity index is 983. The molecule has 29 heavy (non-hydrogen) atoms. The number of benzene rings is 2. The number of anilines is 1. The summed E-state index contributed by atoms with van der Waals surface area (Å²) in [6.45, 7) is 3.21. The van der Waals surface area contributed by atoms with Crippen molar-refractivity contribution in [3.63, 3.8) is 0 Å². The summed E-state index contributed by atoms with van der Waals surface area (Å²) < 4.78 is 37.8. The first-order valence-corrected chi connectivity index (χ1v) is 10.5. The van der Waals surface area contributed by atoms with E-state index in [1.165, 1.54) is 19.1 Å². The number of hydrogen-bond acceptors (Lipinski definition) is 5. The molecule has 0 aliphatic carbocycles. The first-order valence-electron chi connectivity index (χ1n) is 9.11. The molecule has 1 atom stereocenters. The molecule has 0 bridgehead atoms. The SMILES string of the molecule is COC(CCc1ccc(C(=O)Nc2ccc(C)cc2S(=O)(=O)O)cc1)CC(C)=O. The van der Waals surface area contributed by atoms with Crippen LogP contribution in [0.3, 0.4) is 0 Å². The highest BCUT2D eigenvalue weighted by molar-refractivity contribution is 7.86. The first-order chi connectivity index (χ1) is 13.6. The van der Waals surface area contributed by atoms with Crippen LogP contribution in [0.15, 0.2) is 47.4 Å². The number of ketones is 1. The summed E-state index contributed by atoms with van der Waals surface area (Å²) >= 11 is 0. The van der Waals surface area contributed by atoms with Crippen molar-refractivity contribution in [2.45, 2.75) is 44.1 Å². The van der Waals surface area contributed by atoms with Crippen molar-refractivity contribution in [1.29, 1.82) is 0 Å². The lowest BCUT2D eigenvalue weighted by molar-refractivity contribution is -0.119. The Hall–Kier alpha value is -2.55. The zero-order valence-electron chi connectivity index (χ0n) is 16.6. The molecule has 0 saturated carbocycles. The van der Waals surface area contributed by atoms with Crippen molar-refractivity contribution in [1.82, 2.24) is 0 Å². The van der Waals surface area contributed by atoms with Gasteiger partial charge in [-0.05, 0) is 62.1 Å². The fourth-order valence-electron chi connectivity index (χ4n) is 2.92. The fourth-order valence-corrected chi connectivity index (χ4v) is 3.65. The number of ether oxygens (including phenoxy) is 1. The predicted molar refractivity (Wildman–Crippen MR) is 110 cm³/mol. The van der Waals surface area contributed by atoms with Crippen molar-refractivity contribution in [3.8, 4) is 0 Å². The minimum atomic E-state index is -4.47. The molecule has 0 aromatic heterocycles. The van der Waals surface area contributed by atoms with Crippen LogP contribution in [0.4, 0.5) is 5.69 Å². The van der Waals surface area contributed by atoms with Gasteiger partial charge in [0.15, 0.2) is 0 Å². The second-order valence-electron chi connectivity index (χ2n) is 6.93. The van der Waals surface area contributed by atoms with E-state index in [0.717, 1.165) is 5.56 Å². The Balaban J connectivity index is 2.07. The second-order valence-corrected chi connectivity index (χ2v) is 8.32. The number of rotatable bonds is 9. The number of Topliss-reactive ketones (excluding diaryl/α,β-unsaturated/α-hetero) is 1. The summed E-state index contributed by atoms with van der Waals surface area (Å²) in [5, 5.41) is 2.53. The molecule has 2 aromatic rings. The molecule has 2 rings (SSSR count). The van der Waals surface area contributed by atoms with Gasteiger partial charge in [0.25, 0.3) is 16.0 Å². The largest absolute Gasteiger partial charge is 0.381 e. The van der Waals surface area contributed by atoms with Crippen molar-refractivity contribution in [2.24, 2.45) is 0 Å². The lowest BCUT2D eigenvalue weighted by atomic mass is 10.0. The molecule has 0 aliphatic rings. The fraction of sp³-hybridized carbons (Fsp3) is 0.333. The molecule has 0 aliphatic heterocycles. The van der Waals surface area contributed by atoms with Gasteiger partial charge < -0.3 is 10.1 Å². The van der Waals surface area contributed by atoms with Gasteiger partial charge in [-0.2, -0.15) is 8.42 Å². The number of carbonyl (C=O) groups excluding carboxylic acids is 2. The Morgan fingerprint density at radius 3 is 2.34 bits per heavy atom. The third-order valence-corrected chi connectivity index (χ3v) is 5.38. The average Bonchev–Trinajstić information content (AvgIpc) is 2.65. The van der Waals surface area contributed by atoms with E-state index < -0.39 is 16.0 Å². The molecule has 0 fully saturated rings. The zero-order valence-corrected chi connectivity index (χ0v) is 17.5. The Kier molecular flexibility index (Phi) is 7.66. The maximum Gasteiger partial charge on any atom is 0.296 e. The molecule has 0 saturated heterocycles. The monoisotopic (exact) mass is 419 g/mol. The third-order valence-electron chi connectivity index (χ3n) is 4.48. The maximum atomic E-state index is 12.5. The quantitative estimate of drug-likeness (QED) is 0.603. The van der Waals surface area contributed by atoms with Gasteiger partial charge in [0.1, 0.15) is 10.7 Å². The molecule has 0 spiro atoms. The maximum absolute atomic E-state index is 12.5. The van der Waals surface area contributed by atoms with E-state index in [-0.39, 0.29) is 22.5 Å². The highest BCUT2D eigenvalue weighted by Crippen LogP contribution is 2.23. The van der Waals surface area contributed by atoms with E-state index in [2.05, 4.69) is 5.32 Å². The highest BCUT2D eigenvalue weighted by Gasteiger charge is 2.18. The standard InChI is InChI=1S/C21H25NO6S/c1-14-4-11-19(20(12-14)29(25,26)27)22-21(24)17-8-5-16(6-9-17)7-10-18(28-3)13-15(2)23/h4-6,8-9,11-12,18H,7,10,13H2,1-3H3,(H,22,24)(H,25,26,27). The van der Waals surface area contributed by atoms with Gasteiger partial charge in [0.2, 0.25) is 0 Å². The normalized spacial score (nSPS) is 12.4. The summed E-state index contributed by atoms with van der Waals surface area (Å²) in [4.78, 5) is 23.4. The van der Waals surface area contributed by atoms with Crippen molar-refractivity contribution in [3.05, 3.63) is 59.2 Å². The number of methoxy groups -OCH3 is 1. The lowest BCUT2D eigenvalue weighted by Crippen LogP contribution is -2.16. The summed E-state index contributed by atoms with van der Waals surface area (Å²) in [7, 11) is -2.89. The number of amides is 1. The lowest BCUT2D eigenvalue weighted by Gasteiger charge is -2.14. The molecular weight excluding hydrogens is 394 g/mol. The van der Waals surface area contributed by atoms with Gasteiger partial charge in [-0.15, -0.1) is 0 Å². The Morgan fingerprint density at radius 2 is 1.79 bits per heavy atom. The van der Waals surface area contributed by atoms with Crippen LogP contribution >= 0.6 is 0 Å². The van der Waals surface area contributed by atoms with Crippen LogP contribution in [0.25, 0.3) is 0 Å². The van der Waals surface area contributed by atoms with Crippen LogP contribution in [0.5, 0.6) is 0 Å². The number of aryl methyl sites for hydroxylation is 2. The van der Waals surface area contributed by atoms with Gasteiger partial charge in [0.05, 0.1) is 11.8 Å². The topological polar surface area (TPSA) is 110 Å². The molecule has 8 heteroatoms. The van der Waals surface area contributed by atoms with Crippen LogP contribution in [-0.4, -0.2) is 37.9 Å². The molecule has 0 heterocycles. The number of hydrogen-bond donors (Lipinski definition) is 2. The highest BCUT2D eigenvalue weighted by atomic mass is 32.2. The summed E-state index contributed by atoms with van der Waals surface area (Å²) in [6, 6.07) is 11.2. The molecule has 0 radical (unpaired) electrons. The second kappa shape index (κ2) is 9.78. The minimum absolute atomic E-state index is 0.0133. The summed E-state index contributed by atoms with van der Waals surface area (Å²) in [5.41, 5.74) is 1.99. The summed E-state index contributed by atoms with van der Waals surface area (Å²) in [5.74, 6) is -0.416. The third kappa shape index (κ3) is 6.77. The van der Waals surface area contributed by atoms with Crippen LogP contribution in [0, 0.1) is 6.92 Å². The van der Waals surface area contributed by atoms with E-state index in [1.54, 1.807) is 44.4 Å². The smallest absolute Gasteiger partial charge is 0.296 e. The zero-order chi connectivity index (χ0) is 21.6. The molecule has 1 unspecified atom stereocenters. The van der Waals surface area contributed by atoms with Gasteiger partial charge in [-0.3, -0.25) is 14.1 Å². The molecular formula is C21H25NO6S. The summed E-state index contributed by atoms with van der Waals surface area (Å²) in [6.07, 6.45) is 1.60. The molecule has 1 amide bonds. The van der Waals surface area contributed by atoms with Crippen molar-refractivity contribution in [2.75, 3.05) is 12.4 Å².